The SMILES string of the molecule is COc1ccc(-c2c(C=Cc3ccccc3)cccc2-c2ccccc2)cc1. The molecule has 1 nitrogen and oxygen atoms in total. The first-order valence-electron chi connectivity index (χ1n) is 9.41. The van der Waals surface area contributed by atoms with Crippen LogP contribution in [0, 0.1) is 0 Å². The molecule has 0 amide bonds. The first-order chi connectivity index (χ1) is 13.8. The third-order valence-corrected chi connectivity index (χ3v) is 4.82. The average Bonchev–Trinajstić information content (AvgIpc) is 2.79. The Kier molecular flexibility index (Phi) is 5.35. The van der Waals surface area contributed by atoms with Gasteiger partial charge in [0.25, 0.3) is 0 Å². The molecule has 0 aromatic heterocycles. The maximum atomic E-state index is 5.34. The molecule has 0 radical (unpaired) electrons. The summed E-state index contributed by atoms with van der Waals surface area (Å²) in [7, 11) is 1.70. The Hall–Kier alpha value is -3.58. The molecule has 0 bridgehead atoms. The van der Waals surface area contributed by atoms with Gasteiger partial charge in [0.2, 0.25) is 0 Å². The van der Waals surface area contributed by atoms with E-state index in [-0.39, 0.29) is 0 Å². The van der Waals surface area contributed by atoms with Crippen molar-refractivity contribution in [1.82, 2.24) is 0 Å². The normalized spacial score (nSPS) is 10.9. The van der Waals surface area contributed by atoms with Crippen molar-refractivity contribution in [3.63, 3.8) is 0 Å². The number of hydrogen-bond donors (Lipinski definition) is 0. The fourth-order valence-electron chi connectivity index (χ4n) is 3.40. The zero-order valence-corrected chi connectivity index (χ0v) is 15.9. The third-order valence-electron chi connectivity index (χ3n) is 4.82. The predicted molar refractivity (Wildman–Crippen MR) is 119 cm³/mol. The minimum Gasteiger partial charge on any atom is -0.497 e. The lowest BCUT2D eigenvalue weighted by molar-refractivity contribution is 0.415. The Labute approximate surface area is 166 Å². The summed E-state index contributed by atoms with van der Waals surface area (Å²) >= 11 is 0. The summed E-state index contributed by atoms with van der Waals surface area (Å²) in [4.78, 5) is 0. The summed E-state index contributed by atoms with van der Waals surface area (Å²) < 4.78 is 5.34. The largest absolute Gasteiger partial charge is 0.497 e. The molecule has 28 heavy (non-hydrogen) atoms. The molecule has 0 heterocycles. The lowest BCUT2D eigenvalue weighted by atomic mass is 9.90. The van der Waals surface area contributed by atoms with Gasteiger partial charge in [0.15, 0.2) is 0 Å². The van der Waals surface area contributed by atoms with Crippen LogP contribution in [0.3, 0.4) is 0 Å². The van der Waals surface area contributed by atoms with Gasteiger partial charge in [-0.2, -0.15) is 0 Å². The number of methoxy groups -OCH3 is 1. The first kappa shape index (κ1) is 17.8. The summed E-state index contributed by atoms with van der Waals surface area (Å²) in [5.41, 5.74) is 7.21. The van der Waals surface area contributed by atoms with Crippen LogP contribution in [0.5, 0.6) is 5.75 Å². The highest BCUT2D eigenvalue weighted by atomic mass is 16.5. The van der Waals surface area contributed by atoms with E-state index in [0.29, 0.717) is 0 Å². The summed E-state index contributed by atoms with van der Waals surface area (Å²) in [6.45, 7) is 0. The average molecular weight is 362 g/mol. The molecule has 0 aliphatic rings. The highest BCUT2D eigenvalue weighted by Gasteiger charge is 2.11. The molecule has 0 saturated carbocycles. The lowest BCUT2D eigenvalue weighted by Crippen LogP contribution is -1.90. The van der Waals surface area contributed by atoms with Crippen LogP contribution in [0.1, 0.15) is 11.1 Å². The summed E-state index contributed by atoms with van der Waals surface area (Å²) in [6, 6.07) is 35.7. The van der Waals surface area contributed by atoms with Crippen LogP contribution in [-0.4, -0.2) is 7.11 Å². The van der Waals surface area contributed by atoms with Crippen LogP contribution in [-0.2, 0) is 0 Å². The third kappa shape index (κ3) is 3.89. The van der Waals surface area contributed by atoms with Gasteiger partial charge >= 0.3 is 0 Å². The molecule has 0 N–H and O–H groups in total. The minimum atomic E-state index is 0.863. The Balaban J connectivity index is 1.86. The molecular weight excluding hydrogens is 340 g/mol. The molecule has 0 unspecified atom stereocenters. The molecule has 0 fully saturated rings. The van der Waals surface area contributed by atoms with Crippen LogP contribution in [0.25, 0.3) is 34.4 Å². The molecule has 0 aliphatic carbocycles. The van der Waals surface area contributed by atoms with Gasteiger partial charge in [0.1, 0.15) is 5.75 Å². The van der Waals surface area contributed by atoms with Gasteiger partial charge in [-0.1, -0.05) is 103 Å². The van der Waals surface area contributed by atoms with Crippen molar-refractivity contribution >= 4 is 12.2 Å². The van der Waals surface area contributed by atoms with Gasteiger partial charge in [-0.3, -0.25) is 0 Å². The fraction of sp³-hybridized carbons (Fsp3) is 0.0370. The summed E-state index contributed by atoms with van der Waals surface area (Å²) in [6.07, 6.45) is 4.36. The smallest absolute Gasteiger partial charge is 0.118 e. The van der Waals surface area contributed by atoms with Gasteiger partial charge in [-0.05, 0) is 45.5 Å². The molecule has 0 aliphatic heterocycles. The molecule has 4 aromatic carbocycles. The second-order valence-corrected chi connectivity index (χ2v) is 6.61. The van der Waals surface area contributed by atoms with E-state index in [4.69, 9.17) is 4.74 Å². The van der Waals surface area contributed by atoms with Gasteiger partial charge in [-0.25, -0.2) is 0 Å². The van der Waals surface area contributed by atoms with E-state index in [1.807, 2.05) is 18.2 Å². The van der Waals surface area contributed by atoms with Crippen LogP contribution in [0.4, 0.5) is 0 Å². The van der Waals surface area contributed by atoms with Crippen LogP contribution < -0.4 is 4.74 Å². The standard InChI is InChI=1S/C27H22O/c1-28-25-19-17-24(18-20-25)27-23(16-15-21-9-4-2-5-10-21)13-8-14-26(27)22-11-6-3-7-12-22/h2-20H,1H3. The second kappa shape index (κ2) is 8.41. The Morgan fingerprint density at radius 2 is 1.25 bits per heavy atom. The van der Waals surface area contributed by atoms with E-state index in [1.165, 1.54) is 33.4 Å². The van der Waals surface area contributed by atoms with Crippen molar-refractivity contribution in [2.45, 2.75) is 0 Å². The first-order valence-corrected chi connectivity index (χ1v) is 9.41. The molecule has 0 spiro atoms. The van der Waals surface area contributed by atoms with E-state index < -0.39 is 0 Å². The van der Waals surface area contributed by atoms with E-state index in [2.05, 4.69) is 97.1 Å². The maximum absolute atomic E-state index is 5.34. The number of hydrogen-bond acceptors (Lipinski definition) is 1. The van der Waals surface area contributed by atoms with Crippen LogP contribution >= 0.6 is 0 Å². The van der Waals surface area contributed by atoms with Gasteiger partial charge in [0.05, 0.1) is 7.11 Å². The van der Waals surface area contributed by atoms with Gasteiger partial charge in [0, 0.05) is 0 Å². The molecule has 136 valence electrons. The number of rotatable bonds is 5. The van der Waals surface area contributed by atoms with Crippen LogP contribution in [0.2, 0.25) is 0 Å². The van der Waals surface area contributed by atoms with E-state index in [1.54, 1.807) is 7.11 Å². The van der Waals surface area contributed by atoms with Crippen molar-refractivity contribution in [1.29, 1.82) is 0 Å². The Bertz CT molecular complexity index is 1060. The summed E-state index contributed by atoms with van der Waals surface area (Å²) in [5, 5.41) is 0. The van der Waals surface area contributed by atoms with Crippen molar-refractivity contribution in [3.05, 3.63) is 114 Å². The summed E-state index contributed by atoms with van der Waals surface area (Å²) in [5.74, 6) is 0.863. The van der Waals surface area contributed by atoms with E-state index in [9.17, 15) is 0 Å². The minimum absolute atomic E-state index is 0.863. The van der Waals surface area contributed by atoms with Gasteiger partial charge in [-0.15, -0.1) is 0 Å². The van der Waals surface area contributed by atoms with Crippen molar-refractivity contribution in [2.75, 3.05) is 7.11 Å². The number of benzene rings is 4. The predicted octanol–water partition coefficient (Wildman–Crippen LogP) is 7.20. The number of ether oxygens (including phenoxy) is 1. The fourth-order valence-corrected chi connectivity index (χ4v) is 3.40. The van der Waals surface area contributed by atoms with Crippen molar-refractivity contribution in [2.24, 2.45) is 0 Å². The van der Waals surface area contributed by atoms with Crippen molar-refractivity contribution < 1.29 is 4.74 Å². The molecule has 0 saturated heterocycles. The van der Waals surface area contributed by atoms with Crippen molar-refractivity contribution in [3.8, 4) is 28.0 Å². The lowest BCUT2D eigenvalue weighted by Gasteiger charge is -2.14. The van der Waals surface area contributed by atoms with Gasteiger partial charge < -0.3 is 4.74 Å². The quantitative estimate of drug-likeness (QED) is 0.341. The Morgan fingerprint density at radius 1 is 0.571 bits per heavy atom. The molecule has 4 aromatic rings. The second-order valence-electron chi connectivity index (χ2n) is 6.61. The van der Waals surface area contributed by atoms with E-state index in [0.717, 1.165) is 5.75 Å². The zero-order valence-electron chi connectivity index (χ0n) is 15.9. The molecule has 4 rings (SSSR count). The van der Waals surface area contributed by atoms with Crippen LogP contribution in [0.15, 0.2) is 103 Å². The Morgan fingerprint density at radius 3 is 1.93 bits per heavy atom. The topological polar surface area (TPSA) is 9.23 Å². The molecule has 0 atom stereocenters. The highest BCUT2D eigenvalue weighted by Crippen LogP contribution is 2.36. The monoisotopic (exact) mass is 362 g/mol. The highest BCUT2D eigenvalue weighted by molar-refractivity contribution is 5.91. The zero-order chi connectivity index (χ0) is 19.2. The molecular formula is C27H22O. The molecule has 1 heteroatoms. The van der Waals surface area contributed by atoms with E-state index >= 15 is 0 Å². The maximum Gasteiger partial charge on any atom is 0.118 e.